The van der Waals surface area contributed by atoms with Gasteiger partial charge in [0.05, 0.1) is 11.4 Å². The molecular weight excluding hydrogens is 410 g/mol. The monoisotopic (exact) mass is 445 g/mol. The van der Waals surface area contributed by atoms with Crippen molar-refractivity contribution in [3.8, 4) is 5.69 Å². The molecule has 1 amide bonds. The highest BCUT2D eigenvalue weighted by Crippen LogP contribution is 2.22. The van der Waals surface area contributed by atoms with Crippen LogP contribution in [0.2, 0.25) is 0 Å². The fourth-order valence-electron chi connectivity index (χ4n) is 4.57. The Bertz CT molecular complexity index is 1080. The summed E-state index contributed by atoms with van der Waals surface area (Å²) < 4.78 is 1.96. The first-order chi connectivity index (χ1) is 15.8. The van der Waals surface area contributed by atoms with Crippen molar-refractivity contribution in [3.05, 3.63) is 77.1 Å². The zero-order valence-electron chi connectivity index (χ0n) is 20.5. The van der Waals surface area contributed by atoms with Crippen LogP contribution in [0.5, 0.6) is 0 Å². The van der Waals surface area contributed by atoms with Crippen molar-refractivity contribution < 1.29 is 4.79 Å². The average molecular weight is 446 g/mol. The minimum absolute atomic E-state index is 0.0254. The maximum absolute atomic E-state index is 13.1. The third-order valence-corrected chi connectivity index (χ3v) is 6.71. The van der Waals surface area contributed by atoms with E-state index < -0.39 is 0 Å². The van der Waals surface area contributed by atoms with Crippen molar-refractivity contribution in [3.63, 3.8) is 0 Å². The van der Waals surface area contributed by atoms with Crippen molar-refractivity contribution >= 4 is 11.6 Å². The number of amides is 1. The summed E-state index contributed by atoms with van der Waals surface area (Å²) in [4.78, 5) is 19.8. The van der Waals surface area contributed by atoms with Gasteiger partial charge in [0.25, 0.3) is 5.91 Å². The van der Waals surface area contributed by atoms with E-state index in [4.69, 9.17) is 5.10 Å². The summed E-state index contributed by atoms with van der Waals surface area (Å²) in [5.41, 5.74) is 6.04. The molecule has 174 valence electrons. The van der Waals surface area contributed by atoms with Crippen LogP contribution in [0.15, 0.2) is 54.6 Å². The lowest BCUT2D eigenvalue weighted by Gasteiger charge is -2.38. The number of carbonyl (C=O) groups excluding carboxylic acids is 1. The number of carbonyl (C=O) groups is 1. The fourth-order valence-corrected chi connectivity index (χ4v) is 4.57. The summed E-state index contributed by atoms with van der Waals surface area (Å²) in [7, 11) is 1.86. The Morgan fingerprint density at radius 2 is 1.58 bits per heavy atom. The summed E-state index contributed by atoms with van der Waals surface area (Å²) >= 11 is 0. The minimum Gasteiger partial charge on any atom is -0.369 e. The number of anilines is 1. The predicted octanol–water partition coefficient (Wildman–Crippen LogP) is 4.29. The van der Waals surface area contributed by atoms with E-state index >= 15 is 0 Å². The first-order valence-corrected chi connectivity index (χ1v) is 11.8. The van der Waals surface area contributed by atoms with Gasteiger partial charge in [-0.25, -0.2) is 4.68 Å². The van der Waals surface area contributed by atoms with Gasteiger partial charge in [-0.2, -0.15) is 5.10 Å². The normalized spacial score (nSPS) is 14.7. The summed E-state index contributed by atoms with van der Waals surface area (Å²) in [6, 6.07) is 18.8. The highest BCUT2D eigenvalue weighted by molar-refractivity contribution is 5.94. The summed E-state index contributed by atoms with van der Waals surface area (Å²) in [5, 5.41) is 4.71. The van der Waals surface area contributed by atoms with E-state index in [9.17, 15) is 4.79 Å². The van der Waals surface area contributed by atoms with Crippen molar-refractivity contribution in [2.24, 2.45) is 0 Å². The molecule has 2 heterocycles. The maximum atomic E-state index is 13.1. The van der Waals surface area contributed by atoms with Crippen LogP contribution in [-0.4, -0.2) is 64.8 Å². The van der Waals surface area contributed by atoms with E-state index in [-0.39, 0.29) is 5.91 Å². The largest absolute Gasteiger partial charge is 0.369 e. The van der Waals surface area contributed by atoms with Crippen molar-refractivity contribution in [1.82, 2.24) is 19.6 Å². The Morgan fingerprint density at radius 1 is 0.939 bits per heavy atom. The molecular formula is C27H35N5O. The van der Waals surface area contributed by atoms with Crippen molar-refractivity contribution in [1.29, 1.82) is 0 Å². The van der Waals surface area contributed by atoms with Crippen LogP contribution >= 0.6 is 0 Å². The Labute approximate surface area is 197 Å². The van der Waals surface area contributed by atoms with E-state index in [1.165, 1.54) is 5.69 Å². The first kappa shape index (κ1) is 23.1. The molecule has 0 saturated carbocycles. The summed E-state index contributed by atoms with van der Waals surface area (Å²) in [6.07, 6.45) is 0. The molecule has 0 spiro atoms. The van der Waals surface area contributed by atoms with Crippen LogP contribution in [0.3, 0.4) is 0 Å². The van der Waals surface area contributed by atoms with Crippen LogP contribution in [-0.2, 0) is 6.54 Å². The SMILES string of the molecule is Cc1nn(-c2ccccc2)c(C)c1CN(C)C(=O)c1ccc(N2CCN(C(C)C)CC2)cc1. The van der Waals surface area contributed by atoms with E-state index in [1.807, 2.05) is 61.1 Å². The van der Waals surface area contributed by atoms with Crippen molar-refractivity contribution in [2.45, 2.75) is 40.3 Å². The predicted molar refractivity (Wildman–Crippen MR) is 134 cm³/mol. The molecule has 1 fully saturated rings. The Morgan fingerprint density at radius 3 is 2.18 bits per heavy atom. The Kier molecular flexibility index (Phi) is 6.84. The molecule has 0 atom stereocenters. The van der Waals surface area contributed by atoms with Crippen molar-refractivity contribution in [2.75, 3.05) is 38.1 Å². The van der Waals surface area contributed by atoms with Gasteiger partial charge >= 0.3 is 0 Å². The van der Waals surface area contributed by atoms with Gasteiger partial charge in [0, 0.05) is 68.3 Å². The molecule has 33 heavy (non-hydrogen) atoms. The van der Waals surface area contributed by atoms with Gasteiger partial charge in [-0.1, -0.05) is 18.2 Å². The lowest BCUT2D eigenvalue weighted by Crippen LogP contribution is -2.48. The smallest absolute Gasteiger partial charge is 0.253 e. The highest BCUT2D eigenvalue weighted by atomic mass is 16.2. The molecule has 1 saturated heterocycles. The lowest BCUT2D eigenvalue weighted by molar-refractivity contribution is 0.0784. The molecule has 6 nitrogen and oxygen atoms in total. The lowest BCUT2D eigenvalue weighted by atomic mass is 10.1. The van der Waals surface area contributed by atoms with Crippen LogP contribution in [0, 0.1) is 13.8 Å². The van der Waals surface area contributed by atoms with Crippen LogP contribution in [0.25, 0.3) is 5.69 Å². The number of aromatic nitrogens is 2. The minimum atomic E-state index is 0.0254. The van der Waals surface area contributed by atoms with E-state index in [1.54, 1.807) is 4.90 Å². The van der Waals surface area contributed by atoms with Crippen LogP contribution in [0.1, 0.15) is 41.2 Å². The molecule has 0 radical (unpaired) electrons. The van der Waals surface area contributed by atoms with E-state index in [0.717, 1.165) is 48.8 Å². The van der Waals surface area contributed by atoms with Gasteiger partial charge in [-0.3, -0.25) is 9.69 Å². The molecule has 6 heteroatoms. The van der Waals surface area contributed by atoms with Crippen LogP contribution in [0.4, 0.5) is 5.69 Å². The third kappa shape index (κ3) is 4.96. The number of aryl methyl sites for hydroxylation is 1. The molecule has 0 bridgehead atoms. The van der Waals surface area contributed by atoms with Crippen LogP contribution < -0.4 is 4.90 Å². The Balaban J connectivity index is 1.42. The molecule has 1 aliphatic rings. The van der Waals surface area contributed by atoms with E-state index in [0.29, 0.717) is 18.2 Å². The third-order valence-electron chi connectivity index (χ3n) is 6.71. The quantitative estimate of drug-likeness (QED) is 0.568. The Hall–Kier alpha value is -3.12. The molecule has 0 N–H and O–H groups in total. The number of rotatable bonds is 6. The zero-order chi connectivity index (χ0) is 23.5. The van der Waals surface area contributed by atoms with Gasteiger partial charge in [0.2, 0.25) is 0 Å². The summed E-state index contributed by atoms with van der Waals surface area (Å²) in [6.45, 7) is 13.3. The zero-order valence-corrected chi connectivity index (χ0v) is 20.5. The number of hydrogen-bond acceptors (Lipinski definition) is 4. The molecule has 1 aromatic heterocycles. The molecule has 0 aliphatic carbocycles. The molecule has 3 aromatic rings. The van der Waals surface area contributed by atoms with Gasteiger partial charge < -0.3 is 9.80 Å². The van der Waals surface area contributed by atoms with Gasteiger partial charge in [0.15, 0.2) is 0 Å². The number of hydrogen-bond donors (Lipinski definition) is 0. The molecule has 2 aromatic carbocycles. The second kappa shape index (κ2) is 9.79. The number of nitrogens with zero attached hydrogens (tertiary/aromatic N) is 5. The number of piperazine rings is 1. The molecule has 1 aliphatic heterocycles. The maximum Gasteiger partial charge on any atom is 0.253 e. The first-order valence-electron chi connectivity index (χ1n) is 11.8. The number of para-hydroxylation sites is 1. The van der Waals surface area contributed by atoms with Gasteiger partial charge in [-0.05, 0) is 64.1 Å². The number of benzene rings is 2. The topological polar surface area (TPSA) is 44.6 Å². The second-order valence-corrected chi connectivity index (χ2v) is 9.22. The summed E-state index contributed by atoms with van der Waals surface area (Å²) in [5.74, 6) is 0.0254. The fraction of sp³-hybridized carbons (Fsp3) is 0.407. The second-order valence-electron chi connectivity index (χ2n) is 9.22. The van der Waals surface area contributed by atoms with E-state index in [2.05, 4.69) is 42.7 Å². The average Bonchev–Trinajstić information content (AvgIpc) is 3.12. The molecule has 4 rings (SSSR count). The van der Waals surface area contributed by atoms with Gasteiger partial charge in [-0.15, -0.1) is 0 Å². The molecule has 0 unspecified atom stereocenters. The standard InChI is InChI=1S/C27H35N5O/c1-20(2)30-15-17-31(18-16-30)24-13-11-23(12-14-24)27(33)29(5)19-26-21(3)28-32(22(26)4)25-9-7-6-8-10-25/h6-14,20H,15-19H2,1-5H3. The highest BCUT2D eigenvalue weighted by Gasteiger charge is 2.21. The van der Waals surface area contributed by atoms with Gasteiger partial charge in [0.1, 0.15) is 0 Å².